The smallest absolute Gasteiger partial charge is 0.294 e. The second-order valence-electron chi connectivity index (χ2n) is 7.70. The molecule has 0 unspecified atom stereocenters. The van der Waals surface area contributed by atoms with Crippen LogP contribution in [0.1, 0.15) is 23.1 Å². The van der Waals surface area contributed by atoms with Crippen molar-refractivity contribution in [2.45, 2.75) is 31.2 Å². The first-order valence-corrected chi connectivity index (χ1v) is 12.9. The maximum atomic E-state index is 12.8. The van der Waals surface area contributed by atoms with Gasteiger partial charge in [0.05, 0.1) is 21.7 Å². The van der Waals surface area contributed by atoms with Crippen molar-refractivity contribution in [2.75, 3.05) is 6.54 Å². The lowest BCUT2D eigenvalue weighted by Gasteiger charge is -2.08. The zero-order chi connectivity index (χ0) is 22.7. The maximum absolute atomic E-state index is 12.8. The molecule has 8 heteroatoms. The Morgan fingerprint density at radius 1 is 1.00 bits per heavy atom. The van der Waals surface area contributed by atoms with Gasteiger partial charge in [-0.15, -0.1) is 0 Å². The number of rotatable bonds is 8. The highest BCUT2D eigenvalue weighted by Gasteiger charge is 2.16. The normalized spacial score (nSPS) is 11.8. The van der Waals surface area contributed by atoms with E-state index in [0.29, 0.717) is 34.7 Å². The summed E-state index contributed by atoms with van der Waals surface area (Å²) < 4.78 is 30.5. The molecule has 0 bridgehead atoms. The van der Waals surface area contributed by atoms with Gasteiger partial charge in [-0.25, -0.2) is 13.1 Å². The number of benzene rings is 3. The number of nitrogens with zero attached hydrogens (tertiary/aromatic N) is 1. The first-order valence-electron chi connectivity index (χ1n) is 10.2. The highest BCUT2D eigenvalue weighted by atomic mass is 35.5. The largest absolute Gasteiger partial charge is 0.308 e. The average Bonchev–Trinajstić information content (AvgIpc) is 3.07. The van der Waals surface area contributed by atoms with Gasteiger partial charge < -0.3 is 0 Å². The van der Waals surface area contributed by atoms with Crippen LogP contribution in [0.3, 0.4) is 0 Å². The van der Waals surface area contributed by atoms with Crippen LogP contribution in [0.4, 0.5) is 0 Å². The second kappa shape index (κ2) is 9.58. The fraction of sp³-hybridized carbons (Fsp3) is 0.208. The molecular formula is C24H23ClN2O3S2. The van der Waals surface area contributed by atoms with Gasteiger partial charge in [0.2, 0.25) is 10.0 Å². The molecular weight excluding hydrogens is 464 g/mol. The Balaban J connectivity index is 1.46. The minimum atomic E-state index is -3.65. The number of hydrogen-bond donors (Lipinski definition) is 1. The Labute approximate surface area is 196 Å². The first-order chi connectivity index (χ1) is 15.3. The van der Waals surface area contributed by atoms with E-state index in [9.17, 15) is 13.2 Å². The minimum Gasteiger partial charge on any atom is -0.294 e. The summed E-state index contributed by atoms with van der Waals surface area (Å²) in [6, 6.07) is 20.3. The van der Waals surface area contributed by atoms with Crippen molar-refractivity contribution in [2.24, 2.45) is 0 Å². The van der Waals surface area contributed by atoms with Crippen molar-refractivity contribution in [3.05, 3.63) is 98.1 Å². The van der Waals surface area contributed by atoms with Crippen LogP contribution in [-0.2, 0) is 23.0 Å². The summed E-state index contributed by atoms with van der Waals surface area (Å²) in [7, 11) is -3.65. The fourth-order valence-electron chi connectivity index (χ4n) is 3.59. The summed E-state index contributed by atoms with van der Waals surface area (Å²) in [5, 5.41) is 0.637. The number of aryl methyl sites for hydroxylation is 2. The quantitative estimate of drug-likeness (QED) is 0.357. The van der Waals surface area contributed by atoms with Crippen LogP contribution >= 0.6 is 22.9 Å². The summed E-state index contributed by atoms with van der Waals surface area (Å²) in [6.45, 7) is 2.79. The number of nitrogens with one attached hydrogen (secondary N) is 1. The maximum Gasteiger partial charge on any atom is 0.308 e. The molecule has 4 rings (SSSR count). The van der Waals surface area contributed by atoms with E-state index in [1.807, 2.05) is 37.3 Å². The summed E-state index contributed by atoms with van der Waals surface area (Å²) in [5.74, 6) is 0. The van der Waals surface area contributed by atoms with E-state index < -0.39 is 10.0 Å². The molecule has 1 aromatic heterocycles. The van der Waals surface area contributed by atoms with E-state index in [4.69, 9.17) is 11.6 Å². The number of aromatic nitrogens is 1. The van der Waals surface area contributed by atoms with E-state index in [0.717, 1.165) is 23.3 Å². The Morgan fingerprint density at radius 3 is 2.53 bits per heavy atom. The predicted molar refractivity (Wildman–Crippen MR) is 131 cm³/mol. The Kier molecular flexibility index (Phi) is 6.81. The highest BCUT2D eigenvalue weighted by molar-refractivity contribution is 7.89. The third kappa shape index (κ3) is 5.30. The van der Waals surface area contributed by atoms with Crippen molar-refractivity contribution in [3.8, 4) is 0 Å². The molecule has 0 radical (unpaired) electrons. The zero-order valence-corrected chi connectivity index (χ0v) is 19.9. The Morgan fingerprint density at radius 2 is 1.78 bits per heavy atom. The van der Waals surface area contributed by atoms with Crippen molar-refractivity contribution >= 4 is 43.2 Å². The van der Waals surface area contributed by atoms with E-state index in [1.165, 1.54) is 11.1 Å². The van der Waals surface area contributed by atoms with Gasteiger partial charge in [-0.1, -0.05) is 64.9 Å². The van der Waals surface area contributed by atoms with Crippen LogP contribution in [0.5, 0.6) is 0 Å². The van der Waals surface area contributed by atoms with Crippen molar-refractivity contribution in [3.63, 3.8) is 0 Å². The molecule has 166 valence electrons. The lowest BCUT2D eigenvalue weighted by atomic mass is 10.1. The third-order valence-corrected chi connectivity index (χ3v) is 7.87. The van der Waals surface area contributed by atoms with Crippen molar-refractivity contribution in [1.82, 2.24) is 9.29 Å². The molecule has 0 fully saturated rings. The van der Waals surface area contributed by atoms with E-state index >= 15 is 0 Å². The molecule has 0 spiro atoms. The van der Waals surface area contributed by atoms with E-state index in [-0.39, 0.29) is 9.77 Å². The topological polar surface area (TPSA) is 68.2 Å². The highest BCUT2D eigenvalue weighted by Crippen LogP contribution is 2.23. The summed E-state index contributed by atoms with van der Waals surface area (Å²) >= 11 is 6.98. The van der Waals surface area contributed by atoms with Gasteiger partial charge in [0, 0.05) is 11.6 Å². The van der Waals surface area contributed by atoms with Gasteiger partial charge >= 0.3 is 4.87 Å². The molecule has 5 nitrogen and oxygen atoms in total. The van der Waals surface area contributed by atoms with Crippen LogP contribution < -0.4 is 9.60 Å². The van der Waals surface area contributed by atoms with Gasteiger partial charge in [0.1, 0.15) is 0 Å². The van der Waals surface area contributed by atoms with Crippen LogP contribution in [0.25, 0.3) is 10.2 Å². The molecule has 0 saturated heterocycles. The SMILES string of the molecule is Cc1cccc(CCCNS(=O)(=O)c2ccc3c(c2)sc(=O)n3Cc2ccc(Cl)cc2)c1. The molecule has 0 aliphatic rings. The van der Waals surface area contributed by atoms with Crippen LogP contribution in [0.15, 0.2) is 76.4 Å². The van der Waals surface area contributed by atoms with Gasteiger partial charge in [-0.2, -0.15) is 0 Å². The number of sulfonamides is 1. The summed E-state index contributed by atoms with van der Waals surface area (Å²) in [4.78, 5) is 12.6. The Bertz CT molecular complexity index is 1410. The monoisotopic (exact) mass is 486 g/mol. The van der Waals surface area contributed by atoms with Crippen LogP contribution in [0.2, 0.25) is 5.02 Å². The number of halogens is 1. The molecule has 32 heavy (non-hydrogen) atoms. The molecule has 0 aliphatic carbocycles. The van der Waals surface area contributed by atoms with E-state index in [2.05, 4.69) is 10.8 Å². The zero-order valence-electron chi connectivity index (χ0n) is 17.5. The molecule has 0 saturated carbocycles. The third-order valence-electron chi connectivity index (χ3n) is 5.22. The standard InChI is InChI=1S/C24H23ClN2O3S2/c1-17-4-2-5-18(14-17)6-3-13-26-32(29,30)21-11-12-22-23(15-21)31-24(28)27(22)16-19-7-9-20(25)10-8-19/h2,4-5,7-12,14-15,26H,3,6,13,16H2,1H3. The molecule has 4 aromatic rings. The number of hydrogen-bond acceptors (Lipinski definition) is 4. The van der Waals surface area contributed by atoms with Gasteiger partial charge in [0.25, 0.3) is 0 Å². The van der Waals surface area contributed by atoms with Crippen LogP contribution in [0, 0.1) is 6.92 Å². The first kappa shape index (κ1) is 22.7. The van der Waals surface area contributed by atoms with Crippen LogP contribution in [-0.4, -0.2) is 19.5 Å². The molecule has 0 atom stereocenters. The molecule has 0 aliphatic heterocycles. The Hall–Kier alpha value is -2.45. The average molecular weight is 487 g/mol. The summed E-state index contributed by atoms with van der Waals surface area (Å²) in [5.41, 5.74) is 4.05. The number of fused-ring (bicyclic) bond motifs is 1. The summed E-state index contributed by atoms with van der Waals surface area (Å²) in [6.07, 6.45) is 1.51. The second-order valence-corrected chi connectivity index (χ2v) is 10.9. The van der Waals surface area contributed by atoms with Gasteiger partial charge in [0.15, 0.2) is 0 Å². The van der Waals surface area contributed by atoms with Gasteiger partial charge in [-0.3, -0.25) is 9.36 Å². The van der Waals surface area contributed by atoms with Crippen molar-refractivity contribution in [1.29, 1.82) is 0 Å². The lowest BCUT2D eigenvalue weighted by Crippen LogP contribution is -2.25. The molecule has 0 amide bonds. The minimum absolute atomic E-state index is 0.129. The molecule has 1 N–H and O–H groups in total. The lowest BCUT2D eigenvalue weighted by molar-refractivity contribution is 0.579. The number of thiazole rings is 1. The fourth-order valence-corrected chi connectivity index (χ4v) is 5.82. The van der Waals surface area contributed by atoms with E-state index in [1.54, 1.807) is 34.9 Å². The molecule has 3 aromatic carbocycles. The van der Waals surface area contributed by atoms with Crippen molar-refractivity contribution < 1.29 is 8.42 Å². The predicted octanol–water partition coefficient (Wildman–Crippen LogP) is 4.98. The van der Waals surface area contributed by atoms with Gasteiger partial charge in [-0.05, 0) is 61.2 Å². The molecule has 1 heterocycles.